The highest BCUT2D eigenvalue weighted by molar-refractivity contribution is 7.80. The first-order valence-electron chi connectivity index (χ1n) is 8.54. The van der Waals surface area contributed by atoms with Gasteiger partial charge in [-0.1, -0.05) is 25.7 Å². The SMILES string of the molecule is CC1CCCCN1CCCNC(=S)NC1CCCCC1. The largest absolute Gasteiger partial charge is 0.363 e. The van der Waals surface area contributed by atoms with Gasteiger partial charge in [-0.3, -0.25) is 0 Å². The van der Waals surface area contributed by atoms with Crippen molar-refractivity contribution in [2.45, 2.75) is 76.8 Å². The Labute approximate surface area is 129 Å². The molecule has 0 radical (unpaired) electrons. The van der Waals surface area contributed by atoms with Gasteiger partial charge in [0.2, 0.25) is 0 Å². The smallest absolute Gasteiger partial charge is 0.166 e. The third-order valence-electron chi connectivity index (χ3n) is 4.79. The van der Waals surface area contributed by atoms with E-state index in [1.165, 1.54) is 70.9 Å². The van der Waals surface area contributed by atoms with Crippen LogP contribution in [0.15, 0.2) is 0 Å². The lowest BCUT2D eigenvalue weighted by Gasteiger charge is -2.33. The quantitative estimate of drug-likeness (QED) is 0.602. The molecule has 0 aromatic carbocycles. The lowest BCUT2D eigenvalue weighted by atomic mass is 9.96. The highest BCUT2D eigenvalue weighted by Gasteiger charge is 2.17. The van der Waals surface area contributed by atoms with E-state index in [1.807, 2.05) is 0 Å². The molecule has 4 heteroatoms. The number of nitrogens with one attached hydrogen (secondary N) is 2. The summed E-state index contributed by atoms with van der Waals surface area (Å²) in [5.41, 5.74) is 0. The fourth-order valence-electron chi connectivity index (χ4n) is 3.46. The molecule has 1 unspecified atom stereocenters. The molecule has 20 heavy (non-hydrogen) atoms. The first-order valence-corrected chi connectivity index (χ1v) is 8.95. The van der Waals surface area contributed by atoms with Gasteiger partial charge in [0.05, 0.1) is 0 Å². The fraction of sp³-hybridized carbons (Fsp3) is 0.938. The molecule has 1 saturated heterocycles. The molecule has 1 saturated carbocycles. The molecule has 0 aromatic heterocycles. The van der Waals surface area contributed by atoms with Crippen molar-refractivity contribution in [2.24, 2.45) is 0 Å². The fourth-order valence-corrected chi connectivity index (χ4v) is 3.73. The van der Waals surface area contributed by atoms with E-state index >= 15 is 0 Å². The van der Waals surface area contributed by atoms with E-state index in [0.717, 1.165) is 17.7 Å². The van der Waals surface area contributed by atoms with E-state index in [-0.39, 0.29) is 0 Å². The van der Waals surface area contributed by atoms with Gasteiger partial charge in [-0.2, -0.15) is 0 Å². The van der Waals surface area contributed by atoms with Crippen molar-refractivity contribution in [2.75, 3.05) is 19.6 Å². The van der Waals surface area contributed by atoms with Gasteiger partial charge >= 0.3 is 0 Å². The minimum Gasteiger partial charge on any atom is -0.363 e. The second-order valence-corrected chi connectivity index (χ2v) is 6.88. The zero-order valence-electron chi connectivity index (χ0n) is 13.0. The zero-order chi connectivity index (χ0) is 14.2. The van der Waals surface area contributed by atoms with Crippen LogP contribution in [-0.4, -0.2) is 41.7 Å². The Hall–Kier alpha value is -0.350. The molecular weight excluding hydrogens is 266 g/mol. The molecule has 3 nitrogen and oxygen atoms in total. The summed E-state index contributed by atoms with van der Waals surface area (Å²) in [7, 11) is 0. The first-order chi connectivity index (χ1) is 9.75. The summed E-state index contributed by atoms with van der Waals surface area (Å²) in [6.07, 6.45) is 12.0. The number of nitrogens with zero attached hydrogens (tertiary/aromatic N) is 1. The van der Waals surface area contributed by atoms with E-state index in [2.05, 4.69) is 22.5 Å². The third-order valence-corrected chi connectivity index (χ3v) is 5.05. The molecule has 116 valence electrons. The molecule has 1 aliphatic heterocycles. The molecule has 1 heterocycles. The van der Waals surface area contributed by atoms with Gasteiger partial charge in [-0.15, -0.1) is 0 Å². The standard InChI is InChI=1S/C16H31N3S/c1-14-8-5-6-12-19(14)13-7-11-17-16(20)18-15-9-3-2-4-10-15/h14-15H,2-13H2,1H3,(H2,17,18,20). The first kappa shape index (κ1) is 16.0. The second-order valence-electron chi connectivity index (χ2n) is 6.47. The molecule has 2 fully saturated rings. The number of thiocarbonyl (C=S) groups is 1. The predicted octanol–water partition coefficient (Wildman–Crippen LogP) is 3.05. The lowest BCUT2D eigenvalue weighted by molar-refractivity contribution is 0.159. The van der Waals surface area contributed by atoms with E-state index < -0.39 is 0 Å². The Kier molecular flexibility index (Phi) is 7.08. The van der Waals surface area contributed by atoms with Crippen LogP contribution in [0.5, 0.6) is 0 Å². The molecule has 0 amide bonds. The van der Waals surface area contributed by atoms with Crippen molar-refractivity contribution >= 4 is 17.3 Å². The molecule has 1 aliphatic carbocycles. The Morgan fingerprint density at radius 1 is 1.10 bits per heavy atom. The Morgan fingerprint density at radius 3 is 2.60 bits per heavy atom. The maximum atomic E-state index is 5.39. The van der Waals surface area contributed by atoms with Crippen molar-refractivity contribution < 1.29 is 0 Å². The number of rotatable bonds is 5. The third kappa shape index (κ3) is 5.57. The molecule has 2 rings (SSSR count). The second kappa shape index (κ2) is 8.83. The van der Waals surface area contributed by atoms with Crippen LogP contribution >= 0.6 is 12.2 Å². The normalized spacial score (nSPS) is 25.4. The van der Waals surface area contributed by atoms with Gasteiger partial charge in [0.15, 0.2) is 5.11 Å². The summed E-state index contributed by atoms with van der Waals surface area (Å²) in [6.45, 7) is 5.86. The summed E-state index contributed by atoms with van der Waals surface area (Å²) >= 11 is 5.39. The zero-order valence-corrected chi connectivity index (χ0v) is 13.8. The molecule has 2 N–H and O–H groups in total. The van der Waals surface area contributed by atoms with E-state index in [0.29, 0.717) is 6.04 Å². The van der Waals surface area contributed by atoms with Gasteiger partial charge < -0.3 is 15.5 Å². The van der Waals surface area contributed by atoms with Crippen molar-refractivity contribution in [3.8, 4) is 0 Å². The van der Waals surface area contributed by atoms with Crippen molar-refractivity contribution in [3.05, 3.63) is 0 Å². The maximum Gasteiger partial charge on any atom is 0.166 e. The van der Waals surface area contributed by atoms with Crippen molar-refractivity contribution in [3.63, 3.8) is 0 Å². The molecule has 0 bridgehead atoms. The van der Waals surface area contributed by atoms with Crippen LogP contribution in [0.3, 0.4) is 0 Å². The predicted molar refractivity (Wildman–Crippen MR) is 90.1 cm³/mol. The summed E-state index contributed by atoms with van der Waals surface area (Å²) in [6, 6.07) is 1.39. The van der Waals surface area contributed by atoms with Gasteiger partial charge in [0.25, 0.3) is 0 Å². The summed E-state index contributed by atoms with van der Waals surface area (Å²) < 4.78 is 0. The summed E-state index contributed by atoms with van der Waals surface area (Å²) in [5.74, 6) is 0. The van der Waals surface area contributed by atoms with Gasteiger partial charge in [0.1, 0.15) is 0 Å². The minimum absolute atomic E-state index is 0.617. The lowest BCUT2D eigenvalue weighted by Crippen LogP contribution is -2.44. The molecular formula is C16H31N3S. The Balaban J connectivity index is 1.52. The van der Waals surface area contributed by atoms with Crippen LogP contribution in [0, 0.1) is 0 Å². The van der Waals surface area contributed by atoms with Crippen LogP contribution in [0.4, 0.5) is 0 Å². The number of hydrogen-bond donors (Lipinski definition) is 2. The van der Waals surface area contributed by atoms with E-state index in [9.17, 15) is 0 Å². The van der Waals surface area contributed by atoms with Gasteiger partial charge in [-0.05, 0) is 57.8 Å². The highest BCUT2D eigenvalue weighted by atomic mass is 32.1. The Morgan fingerprint density at radius 2 is 1.85 bits per heavy atom. The Bertz CT molecular complexity index is 289. The number of piperidine rings is 1. The molecule has 2 aliphatic rings. The van der Waals surface area contributed by atoms with Crippen LogP contribution in [-0.2, 0) is 0 Å². The van der Waals surface area contributed by atoms with Crippen LogP contribution in [0.25, 0.3) is 0 Å². The highest BCUT2D eigenvalue weighted by Crippen LogP contribution is 2.17. The van der Waals surface area contributed by atoms with Gasteiger partial charge in [0, 0.05) is 25.2 Å². The number of likely N-dealkylation sites (tertiary alicyclic amines) is 1. The van der Waals surface area contributed by atoms with E-state index in [4.69, 9.17) is 12.2 Å². The van der Waals surface area contributed by atoms with E-state index in [1.54, 1.807) is 0 Å². The molecule has 1 atom stereocenters. The van der Waals surface area contributed by atoms with Crippen LogP contribution in [0.1, 0.15) is 64.7 Å². The minimum atomic E-state index is 0.617. The topological polar surface area (TPSA) is 27.3 Å². The average molecular weight is 298 g/mol. The van der Waals surface area contributed by atoms with Gasteiger partial charge in [-0.25, -0.2) is 0 Å². The number of hydrogen-bond acceptors (Lipinski definition) is 2. The average Bonchev–Trinajstić information content (AvgIpc) is 2.46. The summed E-state index contributed by atoms with van der Waals surface area (Å²) in [5, 5.41) is 7.72. The molecule has 0 aromatic rings. The van der Waals surface area contributed by atoms with Crippen LogP contribution in [0.2, 0.25) is 0 Å². The van der Waals surface area contributed by atoms with Crippen molar-refractivity contribution in [1.29, 1.82) is 0 Å². The van der Waals surface area contributed by atoms with Crippen molar-refractivity contribution in [1.82, 2.24) is 15.5 Å². The molecule has 0 spiro atoms. The maximum absolute atomic E-state index is 5.39. The van der Waals surface area contributed by atoms with Crippen LogP contribution < -0.4 is 10.6 Å². The monoisotopic (exact) mass is 297 g/mol. The summed E-state index contributed by atoms with van der Waals surface area (Å²) in [4.78, 5) is 2.63.